The number of unbranched alkanes of at least 4 members (excludes halogenated alkanes) is 1. The van der Waals surface area contributed by atoms with E-state index in [1.165, 1.54) is 10.9 Å². The van der Waals surface area contributed by atoms with Gasteiger partial charge < -0.3 is 19.8 Å². The quantitative estimate of drug-likeness (QED) is 0.347. The van der Waals surface area contributed by atoms with Crippen LogP contribution in [0.15, 0.2) is 53.9 Å². The first-order valence-electron chi connectivity index (χ1n) is 9.74. The van der Waals surface area contributed by atoms with Gasteiger partial charge in [-0.25, -0.2) is 4.98 Å². The molecular weight excluding hydrogens is 336 g/mol. The first kappa shape index (κ1) is 19.0. The maximum Gasteiger partial charge on any atom is 0.190 e. The van der Waals surface area contributed by atoms with Gasteiger partial charge in [-0.2, -0.15) is 0 Å². The lowest BCUT2D eigenvalue weighted by atomic mass is 10.2. The van der Waals surface area contributed by atoms with Gasteiger partial charge in [0.15, 0.2) is 5.96 Å². The van der Waals surface area contributed by atoms with Crippen LogP contribution in [-0.4, -0.2) is 40.2 Å². The topological polar surface area (TPSA) is 59.2 Å². The lowest BCUT2D eigenvalue weighted by Gasteiger charge is -2.12. The van der Waals surface area contributed by atoms with E-state index in [4.69, 9.17) is 0 Å². The molecule has 0 amide bonds. The van der Waals surface area contributed by atoms with Gasteiger partial charge in [-0.1, -0.05) is 18.2 Å². The zero-order chi connectivity index (χ0) is 18.9. The molecule has 144 valence electrons. The highest BCUT2D eigenvalue weighted by atomic mass is 15.2. The molecule has 2 heterocycles. The minimum absolute atomic E-state index is 0.881. The van der Waals surface area contributed by atoms with Crippen molar-refractivity contribution in [2.24, 2.45) is 4.99 Å². The van der Waals surface area contributed by atoms with Crippen LogP contribution in [0, 0.1) is 6.92 Å². The van der Waals surface area contributed by atoms with E-state index < -0.39 is 0 Å². The maximum absolute atomic E-state index is 4.31. The number of aliphatic imine (C=N–C) groups is 1. The fourth-order valence-electron chi connectivity index (χ4n) is 3.27. The molecule has 0 fully saturated rings. The van der Waals surface area contributed by atoms with Crippen molar-refractivity contribution in [1.29, 1.82) is 0 Å². The number of benzene rings is 1. The number of imidazole rings is 1. The van der Waals surface area contributed by atoms with Gasteiger partial charge in [0.25, 0.3) is 0 Å². The van der Waals surface area contributed by atoms with E-state index >= 15 is 0 Å². The number of fused-ring (bicyclic) bond motifs is 1. The third-order valence-electron chi connectivity index (χ3n) is 4.81. The van der Waals surface area contributed by atoms with Crippen molar-refractivity contribution in [1.82, 2.24) is 24.8 Å². The van der Waals surface area contributed by atoms with E-state index in [1.807, 2.05) is 26.4 Å². The van der Waals surface area contributed by atoms with Crippen molar-refractivity contribution in [3.05, 3.63) is 54.7 Å². The summed E-state index contributed by atoms with van der Waals surface area (Å²) in [6.45, 7) is 5.89. The average molecular weight is 367 g/mol. The van der Waals surface area contributed by atoms with E-state index in [0.717, 1.165) is 57.2 Å². The summed E-state index contributed by atoms with van der Waals surface area (Å²) >= 11 is 0. The number of nitrogens with zero attached hydrogens (tertiary/aromatic N) is 4. The summed E-state index contributed by atoms with van der Waals surface area (Å²) in [5.74, 6) is 1.96. The fraction of sp³-hybridized carbons (Fsp3) is 0.429. The molecule has 0 saturated heterocycles. The highest BCUT2D eigenvalue weighted by Crippen LogP contribution is 2.15. The molecule has 3 rings (SSSR count). The summed E-state index contributed by atoms with van der Waals surface area (Å²) in [5, 5.41) is 8.10. The van der Waals surface area contributed by atoms with Gasteiger partial charge in [0, 0.05) is 57.3 Å². The van der Waals surface area contributed by atoms with Crippen LogP contribution in [0.25, 0.3) is 10.9 Å². The molecule has 6 heteroatoms. The summed E-state index contributed by atoms with van der Waals surface area (Å²) in [6.07, 6.45) is 9.35. The molecule has 27 heavy (non-hydrogen) atoms. The third kappa shape index (κ3) is 5.36. The van der Waals surface area contributed by atoms with Crippen molar-refractivity contribution < 1.29 is 0 Å². The number of hydrogen-bond acceptors (Lipinski definition) is 2. The molecule has 0 bridgehead atoms. The van der Waals surface area contributed by atoms with Gasteiger partial charge in [-0.3, -0.25) is 4.99 Å². The normalized spacial score (nSPS) is 11.9. The zero-order valence-corrected chi connectivity index (χ0v) is 16.4. The van der Waals surface area contributed by atoms with Gasteiger partial charge in [0.2, 0.25) is 0 Å². The molecule has 2 N–H and O–H groups in total. The van der Waals surface area contributed by atoms with Gasteiger partial charge in [-0.05, 0) is 43.7 Å². The number of hydrogen-bond donors (Lipinski definition) is 2. The lowest BCUT2D eigenvalue weighted by Crippen LogP contribution is -2.38. The van der Waals surface area contributed by atoms with Crippen LogP contribution in [0.5, 0.6) is 0 Å². The Morgan fingerprint density at radius 1 is 0.963 bits per heavy atom. The molecule has 6 nitrogen and oxygen atoms in total. The zero-order valence-electron chi connectivity index (χ0n) is 16.4. The number of para-hydroxylation sites is 1. The molecule has 0 aliphatic heterocycles. The molecule has 0 atom stereocenters. The van der Waals surface area contributed by atoms with E-state index in [9.17, 15) is 0 Å². The van der Waals surface area contributed by atoms with E-state index in [0.29, 0.717) is 0 Å². The molecule has 0 aliphatic rings. The Kier molecular flexibility index (Phi) is 6.90. The predicted molar refractivity (Wildman–Crippen MR) is 112 cm³/mol. The van der Waals surface area contributed by atoms with Crippen molar-refractivity contribution >= 4 is 16.9 Å². The van der Waals surface area contributed by atoms with Crippen LogP contribution in [0.4, 0.5) is 0 Å². The van der Waals surface area contributed by atoms with Gasteiger partial charge >= 0.3 is 0 Å². The minimum Gasteiger partial charge on any atom is -0.356 e. The SMILES string of the molecule is CN=C(NCCCCn1ccnc1C)NCCCn1ccc2ccccc21. The monoisotopic (exact) mass is 366 g/mol. The first-order chi connectivity index (χ1) is 13.3. The summed E-state index contributed by atoms with van der Waals surface area (Å²) in [7, 11) is 1.82. The summed E-state index contributed by atoms with van der Waals surface area (Å²) in [5.41, 5.74) is 1.30. The summed E-state index contributed by atoms with van der Waals surface area (Å²) in [4.78, 5) is 8.56. The second-order valence-corrected chi connectivity index (χ2v) is 6.72. The molecule has 1 aromatic carbocycles. The minimum atomic E-state index is 0.881. The van der Waals surface area contributed by atoms with E-state index in [1.54, 1.807) is 0 Å². The predicted octanol–water partition coefficient (Wildman–Crippen LogP) is 3.18. The van der Waals surface area contributed by atoms with Crippen LogP contribution in [-0.2, 0) is 13.1 Å². The molecule has 0 saturated carbocycles. The molecular formula is C21H30N6. The molecule has 0 spiro atoms. The van der Waals surface area contributed by atoms with E-state index in [-0.39, 0.29) is 0 Å². The highest BCUT2D eigenvalue weighted by Gasteiger charge is 2.01. The molecule has 0 radical (unpaired) electrons. The first-order valence-corrected chi connectivity index (χ1v) is 9.74. The lowest BCUT2D eigenvalue weighted by molar-refractivity contribution is 0.586. The van der Waals surface area contributed by atoms with Gasteiger partial charge in [0.1, 0.15) is 5.82 Å². The molecule has 0 aliphatic carbocycles. The molecule has 2 aromatic heterocycles. The van der Waals surface area contributed by atoms with Crippen LogP contribution in [0.1, 0.15) is 25.1 Å². The Hall–Kier alpha value is -2.76. The van der Waals surface area contributed by atoms with Crippen molar-refractivity contribution in [3.8, 4) is 0 Å². The Morgan fingerprint density at radius 2 is 1.74 bits per heavy atom. The standard InChI is InChI=1S/C21H30N6/c1-18-23-13-17-26(18)14-6-5-11-24-21(22-2)25-12-7-15-27-16-10-19-8-3-4-9-20(19)27/h3-4,8-10,13,16-17H,5-7,11-12,14-15H2,1-2H3,(H2,22,24,25). The van der Waals surface area contributed by atoms with Crippen molar-refractivity contribution in [2.45, 2.75) is 39.3 Å². The Bertz CT molecular complexity index is 860. The molecule has 3 aromatic rings. The van der Waals surface area contributed by atoms with Gasteiger partial charge in [-0.15, -0.1) is 0 Å². The van der Waals surface area contributed by atoms with Crippen LogP contribution in [0.2, 0.25) is 0 Å². The smallest absolute Gasteiger partial charge is 0.190 e. The number of aryl methyl sites for hydroxylation is 3. The van der Waals surface area contributed by atoms with Crippen molar-refractivity contribution in [2.75, 3.05) is 20.1 Å². The number of aromatic nitrogens is 3. The van der Waals surface area contributed by atoms with Crippen LogP contribution < -0.4 is 10.6 Å². The Morgan fingerprint density at radius 3 is 2.52 bits per heavy atom. The number of nitrogens with one attached hydrogen (secondary N) is 2. The second kappa shape index (κ2) is 9.80. The average Bonchev–Trinajstić information content (AvgIpc) is 3.29. The molecule has 0 unspecified atom stereocenters. The Labute approximate surface area is 161 Å². The summed E-state index contributed by atoms with van der Waals surface area (Å²) < 4.78 is 4.50. The van der Waals surface area contributed by atoms with Crippen LogP contribution in [0.3, 0.4) is 0 Å². The fourth-order valence-corrected chi connectivity index (χ4v) is 3.27. The highest BCUT2D eigenvalue weighted by molar-refractivity contribution is 5.80. The number of rotatable bonds is 9. The van der Waals surface area contributed by atoms with Crippen LogP contribution >= 0.6 is 0 Å². The van der Waals surface area contributed by atoms with E-state index in [2.05, 4.69) is 66.3 Å². The maximum atomic E-state index is 4.31. The second-order valence-electron chi connectivity index (χ2n) is 6.72. The van der Waals surface area contributed by atoms with Crippen molar-refractivity contribution in [3.63, 3.8) is 0 Å². The third-order valence-corrected chi connectivity index (χ3v) is 4.81. The number of guanidine groups is 1. The van der Waals surface area contributed by atoms with Gasteiger partial charge in [0.05, 0.1) is 0 Å². The summed E-state index contributed by atoms with van der Waals surface area (Å²) in [6, 6.07) is 10.7. The largest absolute Gasteiger partial charge is 0.356 e. The Balaban J connectivity index is 1.30.